The fourth-order valence-corrected chi connectivity index (χ4v) is 4.12. The van der Waals surface area contributed by atoms with Gasteiger partial charge < -0.3 is 25.6 Å². The van der Waals surface area contributed by atoms with Crippen LogP contribution in [-0.2, 0) is 19.2 Å². The van der Waals surface area contributed by atoms with Crippen molar-refractivity contribution in [1.29, 1.82) is 0 Å². The first-order valence-corrected chi connectivity index (χ1v) is 10.7. The molecule has 12 heteroatoms. The van der Waals surface area contributed by atoms with Crippen molar-refractivity contribution in [3.8, 4) is 11.5 Å². The summed E-state index contributed by atoms with van der Waals surface area (Å²) >= 11 is 6.36. The topological polar surface area (TPSA) is 148 Å². The number of nitrogens with one attached hydrogen (secondary N) is 1. The zero-order chi connectivity index (χ0) is 23.8. The number of thioether (sulfide) groups is 1. The van der Waals surface area contributed by atoms with Crippen molar-refractivity contribution in [3.05, 3.63) is 28.7 Å². The Morgan fingerprint density at radius 2 is 1.94 bits per heavy atom. The molecule has 1 aliphatic rings. The number of hydrogen-bond donors (Lipinski definition) is 3. The molecule has 172 valence electrons. The number of primary amides is 1. The number of hydrogen-bond acceptors (Lipinski definition) is 8. The van der Waals surface area contributed by atoms with E-state index >= 15 is 0 Å². The molecule has 1 aliphatic heterocycles. The second kappa shape index (κ2) is 11.5. The van der Waals surface area contributed by atoms with E-state index in [-0.39, 0.29) is 36.0 Å². The Bertz CT molecular complexity index is 965. The minimum absolute atomic E-state index is 0.0120. The number of methoxy groups -OCH3 is 2. The smallest absolute Gasteiger partial charge is 0.326 e. The quantitative estimate of drug-likeness (QED) is 0.312. The monoisotopic (exact) mass is 481 g/mol. The van der Waals surface area contributed by atoms with E-state index in [1.54, 1.807) is 24.3 Å². The molecule has 1 atom stereocenters. The number of nitrogens with zero attached hydrogens (tertiary/aromatic N) is 1. The molecule has 1 aromatic rings. The Balaban J connectivity index is 2.01. The van der Waals surface area contributed by atoms with Gasteiger partial charge in [-0.3, -0.25) is 19.3 Å². The summed E-state index contributed by atoms with van der Waals surface area (Å²) in [5, 5.41) is 11.5. The number of thiocarbonyl (C=S) groups is 1. The van der Waals surface area contributed by atoms with Gasteiger partial charge in [0, 0.05) is 19.4 Å². The first-order chi connectivity index (χ1) is 15.2. The largest absolute Gasteiger partial charge is 0.493 e. The third-order valence-electron chi connectivity index (χ3n) is 4.45. The molecule has 32 heavy (non-hydrogen) atoms. The van der Waals surface area contributed by atoms with Crippen LogP contribution in [0.15, 0.2) is 23.1 Å². The second-order valence-corrected chi connectivity index (χ2v) is 8.34. The first-order valence-electron chi connectivity index (χ1n) is 9.44. The number of carbonyl (C=O) groups is 4. The molecule has 10 nitrogen and oxygen atoms in total. The Kier molecular flexibility index (Phi) is 9.02. The highest BCUT2D eigenvalue weighted by Gasteiger charge is 2.32. The van der Waals surface area contributed by atoms with Crippen LogP contribution in [0.25, 0.3) is 6.08 Å². The highest BCUT2D eigenvalue weighted by molar-refractivity contribution is 8.26. The molecule has 1 aromatic carbocycles. The van der Waals surface area contributed by atoms with E-state index in [1.807, 2.05) is 0 Å². The maximum absolute atomic E-state index is 12.7. The summed E-state index contributed by atoms with van der Waals surface area (Å²) in [5.41, 5.74) is 5.73. The minimum Gasteiger partial charge on any atom is -0.493 e. The van der Waals surface area contributed by atoms with Crippen molar-refractivity contribution >= 4 is 58.1 Å². The summed E-state index contributed by atoms with van der Waals surface area (Å²) in [5.74, 6) is -1.81. The number of rotatable bonds is 11. The van der Waals surface area contributed by atoms with Crippen molar-refractivity contribution in [2.75, 3.05) is 20.8 Å². The molecule has 0 spiro atoms. The summed E-state index contributed by atoms with van der Waals surface area (Å²) in [6.45, 7) is -0.0120. The van der Waals surface area contributed by atoms with Crippen LogP contribution in [0.1, 0.15) is 24.8 Å². The summed E-state index contributed by atoms with van der Waals surface area (Å²) < 4.78 is 10.7. The number of nitrogens with two attached hydrogens (primary N) is 1. The van der Waals surface area contributed by atoms with Gasteiger partial charge in [0.05, 0.1) is 19.1 Å². The number of carbonyl (C=O) groups excluding carboxylic acids is 3. The van der Waals surface area contributed by atoms with Crippen LogP contribution in [0.3, 0.4) is 0 Å². The molecule has 0 aromatic heterocycles. The zero-order valence-electron chi connectivity index (χ0n) is 17.5. The van der Waals surface area contributed by atoms with Gasteiger partial charge in [0.1, 0.15) is 10.4 Å². The molecule has 1 saturated heterocycles. The highest BCUT2D eigenvalue weighted by atomic mass is 32.2. The molecule has 0 saturated carbocycles. The van der Waals surface area contributed by atoms with Crippen molar-refractivity contribution in [1.82, 2.24) is 10.2 Å². The van der Waals surface area contributed by atoms with Crippen molar-refractivity contribution in [3.63, 3.8) is 0 Å². The summed E-state index contributed by atoms with van der Waals surface area (Å²) in [7, 11) is 3.03. The lowest BCUT2D eigenvalue weighted by molar-refractivity contribution is -0.142. The first kappa shape index (κ1) is 25.1. The van der Waals surface area contributed by atoms with Crippen LogP contribution in [0.2, 0.25) is 0 Å². The highest BCUT2D eigenvalue weighted by Crippen LogP contribution is 2.34. The molecule has 3 amide bonds. The zero-order valence-corrected chi connectivity index (χ0v) is 19.1. The predicted octanol–water partition coefficient (Wildman–Crippen LogP) is 1.13. The van der Waals surface area contributed by atoms with Gasteiger partial charge in [0.15, 0.2) is 11.5 Å². The molecule has 1 heterocycles. The molecule has 4 N–H and O–H groups in total. The standard InChI is InChI=1S/C20H23N3O7S2/c1-29-13-5-3-11(9-14(13)30-2)10-15-18(26)23(20(31)32-15)8-7-17(25)22-12(19(27)28)4-6-16(21)24/h3,5,9-10,12H,4,6-8H2,1-2H3,(H2,21,24)(H,22,25)(H,27,28)/b15-10-. The predicted molar refractivity (Wildman–Crippen MR) is 122 cm³/mol. The Labute approximate surface area is 194 Å². The summed E-state index contributed by atoms with van der Waals surface area (Å²) in [6.07, 6.45) is 1.21. The van der Waals surface area contributed by atoms with E-state index in [0.29, 0.717) is 22.0 Å². The van der Waals surface area contributed by atoms with E-state index in [4.69, 9.17) is 32.5 Å². The van der Waals surface area contributed by atoms with Gasteiger partial charge >= 0.3 is 5.97 Å². The van der Waals surface area contributed by atoms with Crippen LogP contribution in [0.5, 0.6) is 11.5 Å². The SMILES string of the molecule is COc1ccc(/C=C2\SC(=S)N(CCC(=O)NC(CCC(N)=O)C(=O)O)C2=O)cc1OC. The molecular weight excluding hydrogens is 458 g/mol. The maximum Gasteiger partial charge on any atom is 0.326 e. The molecule has 0 bridgehead atoms. The summed E-state index contributed by atoms with van der Waals surface area (Å²) in [4.78, 5) is 48.6. The van der Waals surface area contributed by atoms with Gasteiger partial charge in [-0.25, -0.2) is 4.79 Å². The maximum atomic E-state index is 12.7. The fraction of sp³-hybridized carbons (Fsp3) is 0.350. The lowest BCUT2D eigenvalue weighted by Gasteiger charge is -2.16. The Hall–Kier alpha value is -3.12. The van der Waals surface area contributed by atoms with Crippen LogP contribution >= 0.6 is 24.0 Å². The van der Waals surface area contributed by atoms with Crippen molar-refractivity contribution < 1.29 is 33.8 Å². The van der Waals surface area contributed by atoms with E-state index in [0.717, 1.165) is 11.8 Å². The molecular formula is C20H23N3O7S2. The molecule has 1 fully saturated rings. The number of ether oxygens (including phenoxy) is 2. The number of aliphatic carboxylic acids is 1. The normalized spacial score (nSPS) is 15.6. The van der Waals surface area contributed by atoms with Crippen LogP contribution in [0.4, 0.5) is 0 Å². The average Bonchev–Trinajstić information content (AvgIpc) is 3.01. The van der Waals surface area contributed by atoms with Gasteiger partial charge in [0.2, 0.25) is 11.8 Å². The van der Waals surface area contributed by atoms with Gasteiger partial charge in [-0.15, -0.1) is 0 Å². The van der Waals surface area contributed by atoms with E-state index < -0.39 is 23.8 Å². The number of carboxylic acids is 1. The number of benzene rings is 1. The molecule has 2 rings (SSSR count). The van der Waals surface area contributed by atoms with Crippen molar-refractivity contribution in [2.24, 2.45) is 5.73 Å². The second-order valence-electron chi connectivity index (χ2n) is 6.66. The van der Waals surface area contributed by atoms with E-state index in [2.05, 4.69) is 5.32 Å². The van der Waals surface area contributed by atoms with Crippen LogP contribution in [0, 0.1) is 0 Å². The third kappa shape index (κ3) is 6.69. The van der Waals surface area contributed by atoms with Gasteiger partial charge in [0.25, 0.3) is 5.91 Å². The lowest BCUT2D eigenvalue weighted by Crippen LogP contribution is -2.42. The van der Waals surface area contributed by atoms with Gasteiger partial charge in [-0.2, -0.15) is 0 Å². The molecule has 1 unspecified atom stereocenters. The fourth-order valence-electron chi connectivity index (χ4n) is 2.81. The summed E-state index contributed by atoms with van der Waals surface area (Å²) in [6, 6.07) is 3.95. The number of amides is 3. The van der Waals surface area contributed by atoms with E-state index in [9.17, 15) is 19.2 Å². The Morgan fingerprint density at radius 3 is 2.53 bits per heavy atom. The molecule has 0 aliphatic carbocycles. The minimum atomic E-state index is -1.27. The lowest BCUT2D eigenvalue weighted by atomic mass is 10.1. The molecule has 0 radical (unpaired) electrons. The van der Waals surface area contributed by atoms with Gasteiger partial charge in [-0.1, -0.05) is 30.0 Å². The Morgan fingerprint density at radius 1 is 1.25 bits per heavy atom. The average molecular weight is 482 g/mol. The van der Waals surface area contributed by atoms with Crippen LogP contribution < -0.4 is 20.5 Å². The van der Waals surface area contributed by atoms with Gasteiger partial charge in [-0.05, 0) is 30.2 Å². The van der Waals surface area contributed by atoms with Crippen molar-refractivity contribution in [2.45, 2.75) is 25.3 Å². The third-order valence-corrected chi connectivity index (χ3v) is 5.83. The number of carboxylic acid groups (broad SMARTS) is 1. The van der Waals surface area contributed by atoms with E-state index in [1.165, 1.54) is 19.1 Å². The van der Waals surface area contributed by atoms with Crippen LogP contribution in [-0.4, -0.2) is 64.8 Å².